The average molecular weight is 307 g/mol. The van der Waals surface area contributed by atoms with Crippen LogP contribution in [0.2, 0.25) is 0 Å². The van der Waals surface area contributed by atoms with Crippen LogP contribution in [0.4, 0.5) is 5.69 Å². The maximum absolute atomic E-state index is 12.3. The van der Waals surface area contributed by atoms with E-state index in [1.165, 1.54) is 6.26 Å². The number of hydrogen-bond donors (Lipinski definition) is 2. The predicted molar refractivity (Wildman–Crippen MR) is 88.7 cm³/mol. The van der Waals surface area contributed by atoms with Crippen LogP contribution in [-0.4, -0.2) is 10.9 Å². The Kier molecular flexibility index (Phi) is 4.10. The summed E-state index contributed by atoms with van der Waals surface area (Å²) in [7, 11) is 0. The quantitative estimate of drug-likeness (QED) is 0.724. The van der Waals surface area contributed by atoms with E-state index in [0.717, 1.165) is 5.56 Å². The van der Waals surface area contributed by atoms with Gasteiger partial charge in [-0.1, -0.05) is 42.5 Å². The number of anilines is 1. The molecule has 1 heterocycles. The highest BCUT2D eigenvalue weighted by molar-refractivity contribution is 5.92. The Hall–Kier alpha value is -3.08. The van der Waals surface area contributed by atoms with Gasteiger partial charge < -0.3 is 15.5 Å². The van der Waals surface area contributed by atoms with Crippen LogP contribution in [0.3, 0.4) is 0 Å². The summed E-state index contributed by atoms with van der Waals surface area (Å²) in [6.45, 7) is 1.92. The van der Waals surface area contributed by atoms with E-state index in [9.17, 15) is 4.79 Å². The molecule has 0 saturated heterocycles. The Labute approximate surface area is 134 Å². The zero-order chi connectivity index (χ0) is 16.2. The number of hydrogen-bond acceptors (Lipinski definition) is 4. The van der Waals surface area contributed by atoms with Crippen molar-refractivity contribution in [1.29, 1.82) is 0 Å². The number of para-hydroxylation sites is 1. The molecular weight excluding hydrogens is 290 g/mol. The van der Waals surface area contributed by atoms with Gasteiger partial charge in [0, 0.05) is 5.69 Å². The van der Waals surface area contributed by atoms with Gasteiger partial charge in [-0.15, -0.1) is 0 Å². The number of nitrogens with zero attached hydrogens (tertiary/aromatic N) is 1. The van der Waals surface area contributed by atoms with Crippen molar-refractivity contribution in [3.8, 4) is 11.5 Å². The molecule has 0 aliphatic rings. The number of nitrogens with two attached hydrogens (primary N) is 1. The molecule has 116 valence electrons. The average Bonchev–Trinajstić information content (AvgIpc) is 3.06. The monoisotopic (exact) mass is 307 g/mol. The maximum atomic E-state index is 12.3. The van der Waals surface area contributed by atoms with Gasteiger partial charge in [-0.2, -0.15) is 0 Å². The molecule has 3 rings (SSSR count). The zero-order valence-electron chi connectivity index (χ0n) is 12.7. The highest BCUT2D eigenvalue weighted by atomic mass is 16.3. The van der Waals surface area contributed by atoms with Gasteiger partial charge in [0.25, 0.3) is 5.91 Å². The number of amides is 1. The lowest BCUT2D eigenvalue weighted by atomic mass is 10.1. The van der Waals surface area contributed by atoms with Gasteiger partial charge in [0.1, 0.15) is 6.26 Å². The third-order valence-electron chi connectivity index (χ3n) is 3.58. The third-order valence-corrected chi connectivity index (χ3v) is 3.58. The van der Waals surface area contributed by atoms with Crippen molar-refractivity contribution in [1.82, 2.24) is 10.3 Å². The predicted octanol–water partition coefficient (Wildman–Crippen LogP) is 3.41. The van der Waals surface area contributed by atoms with Crippen LogP contribution in [0, 0.1) is 0 Å². The van der Waals surface area contributed by atoms with E-state index in [0.29, 0.717) is 17.1 Å². The van der Waals surface area contributed by atoms with Crippen LogP contribution in [0.1, 0.15) is 29.0 Å². The molecule has 0 aliphatic carbocycles. The summed E-state index contributed by atoms with van der Waals surface area (Å²) in [6, 6.07) is 16.8. The Morgan fingerprint density at radius 1 is 1.13 bits per heavy atom. The van der Waals surface area contributed by atoms with Gasteiger partial charge in [0.05, 0.1) is 11.6 Å². The van der Waals surface area contributed by atoms with Crippen molar-refractivity contribution in [2.45, 2.75) is 13.0 Å². The summed E-state index contributed by atoms with van der Waals surface area (Å²) >= 11 is 0. The van der Waals surface area contributed by atoms with Crippen molar-refractivity contribution < 1.29 is 9.21 Å². The first-order valence-electron chi connectivity index (χ1n) is 7.31. The molecule has 0 spiro atoms. The molecule has 0 bridgehead atoms. The minimum Gasteiger partial charge on any atom is -0.444 e. The minimum atomic E-state index is -0.286. The highest BCUT2D eigenvalue weighted by Crippen LogP contribution is 2.24. The molecule has 0 saturated carbocycles. The summed E-state index contributed by atoms with van der Waals surface area (Å²) < 4.78 is 5.39. The van der Waals surface area contributed by atoms with Crippen LogP contribution in [-0.2, 0) is 0 Å². The van der Waals surface area contributed by atoms with Crippen molar-refractivity contribution in [2.75, 3.05) is 5.73 Å². The molecule has 0 radical (unpaired) electrons. The van der Waals surface area contributed by atoms with Crippen molar-refractivity contribution in [3.05, 3.63) is 72.1 Å². The van der Waals surface area contributed by atoms with E-state index >= 15 is 0 Å². The topological polar surface area (TPSA) is 81.2 Å². The zero-order valence-corrected chi connectivity index (χ0v) is 12.7. The van der Waals surface area contributed by atoms with E-state index in [4.69, 9.17) is 10.2 Å². The van der Waals surface area contributed by atoms with Gasteiger partial charge in [0.15, 0.2) is 5.69 Å². The molecule has 5 nitrogen and oxygen atoms in total. The van der Waals surface area contributed by atoms with Crippen LogP contribution < -0.4 is 11.1 Å². The van der Waals surface area contributed by atoms with Crippen molar-refractivity contribution >= 4 is 11.6 Å². The first kappa shape index (κ1) is 14.8. The van der Waals surface area contributed by atoms with Crippen molar-refractivity contribution in [3.63, 3.8) is 0 Å². The SMILES string of the molecule is CC(NC(=O)c1coc(-c2ccccc2N)n1)c1ccccc1. The molecule has 1 unspecified atom stereocenters. The molecule has 23 heavy (non-hydrogen) atoms. The van der Waals surface area contributed by atoms with Gasteiger partial charge in [-0.3, -0.25) is 4.79 Å². The summed E-state index contributed by atoms with van der Waals surface area (Å²) in [5, 5.41) is 2.90. The van der Waals surface area contributed by atoms with Crippen LogP contribution >= 0.6 is 0 Å². The van der Waals surface area contributed by atoms with E-state index in [2.05, 4.69) is 10.3 Å². The van der Waals surface area contributed by atoms with Crippen molar-refractivity contribution in [2.24, 2.45) is 0 Å². The second-order valence-corrected chi connectivity index (χ2v) is 5.23. The number of carbonyl (C=O) groups is 1. The smallest absolute Gasteiger partial charge is 0.273 e. The number of carbonyl (C=O) groups excluding carboxylic acids is 1. The van der Waals surface area contributed by atoms with Crippen LogP contribution in [0.5, 0.6) is 0 Å². The summed E-state index contributed by atoms with van der Waals surface area (Å²) in [5.74, 6) is 0.0477. The third kappa shape index (κ3) is 3.23. The molecule has 1 aromatic heterocycles. The Bertz CT molecular complexity index is 812. The number of rotatable bonds is 4. The van der Waals surface area contributed by atoms with E-state index < -0.39 is 0 Å². The number of nitrogen functional groups attached to an aromatic ring is 1. The molecule has 3 N–H and O–H groups in total. The lowest BCUT2D eigenvalue weighted by molar-refractivity contribution is 0.0935. The Morgan fingerprint density at radius 2 is 1.83 bits per heavy atom. The molecular formula is C18H17N3O2. The minimum absolute atomic E-state index is 0.120. The number of aromatic nitrogens is 1. The molecule has 1 amide bonds. The number of nitrogens with one attached hydrogen (secondary N) is 1. The highest BCUT2D eigenvalue weighted by Gasteiger charge is 2.17. The fourth-order valence-corrected chi connectivity index (χ4v) is 2.29. The molecule has 1 atom stereocenters. The lowest BCUT2D eigenvalue weighted by Gasteiger charge is -2.12. The molecule has 0 fully saturated rings. The first-order chi connectivity index (χ1) is 11.1. The van der Waals surface area contributed by atoms with Crippen LogP contribution in [0.15, 0.2) is 65.3 Å². The molecule has 3 aromatic rings. The summed E-state index contributed by atoms with van der Waals surface area (Å²) in [6.07, 6.45) is 1.34. The maximum Gasteiger partial charge on any atom is 0.273 e. The Balaban J connectivity index is 1.75. The van der Waals surface area contributed by atoms with Gasteiger partial charge in [-0.25, -0.2) is 4.98 Å². The van der Waals surface area contributed by atoms with Gasteiger partial charge in [0.2, 0.25) is 5.89 Å². The lowest BCUT2D eigenvalue weighted by Crippen LogP contribution is -2.26. The molecule has 5 heteroatoms. The molecule has 2 aromatic carbocycles. The fourth-order valence-electron chi connectivity index (χ4n) is 2.29. The van der Waals surface area contributed by atoms with Gasteiger partial charge in [-0.05, 0) is 24.6 Å². The number of oxazole rings is 1. The fraction of sp³-hybridized carbons (Fsp3) is 0.111. The number of benzene rings is 2. The molecule has 0 aliphatic heterocycles. The second-order valence-electron chi connectivity index (χ2n) is 5.23. The standard InChI is InChI=1S/C18H17N3O2/c1-12(13-7-3-2-4-8-13)20-17(22)16-11-23-18(21-16)14-9-5-6-10-15(14)19/h2-12H,19H2,1H3,(H,20,22). The van der Waals surface area contributed by atoms with Gasteiger partial charge >= 0.3 is 0 Å². The first-order valence-corrected chi connectivity index (χ1v) is 7.31. The normalized spacial score (nSPS) is 11.9. The Morgan fingerprint density at radius 3 is 2.57 bits per heavy atom. The summed E-state index contributed by atoms with van der Waals surface area (Å²) in [5.41, 5.74) is 8.37. The largest absolute Gasteiger partial charge is 0.444 e. The van der Waals surface area contributed by atoms with E-state index in [-0.39, 0.29) is 17.6 Å². The van der Waals surface area contributed by atoms with E-state index in [1.807, 2.05) is 49.4 Å². The van der Waals surface area contributed by atoms with E-state index in [1.54, 1.807) is 12.1 Å². The summed E-state index contributed by atoms with van der Waals surface area (Å²) in [4.78, 5) is 16.5. The second kappa shape index (κ2) is 6.36. The van der Waals surface area contributed by atoms with Crippen LogP contribution in [0.25, 0.3) is 11.5 Å².